The highest BCUT2D eigenvalue weighted by Gasteiger charge is 2.36. The van der Waals surface area contributed by atoms with Crippen molar-refractivity contribution in [3.8, 4) is 5.75 Å². The number of rotatable bonds is 3. The molecule has 0 aliphatic carbocycles. The second-order valence-electron chi connectivity index (χ2n) is 7.03. The van der Waals surface area contributed by atoms with Crippen molar-refractivity contribution in [2.75, 3.05) is 11.4 Å². The fourth-order valence-electron chi connectivity index (χ4n) is 4.11. The minimum Gasteiger partial charge on any atom is -0.479 e. The maximum Gasteiger partial charge on any atom is 0.268 e. The van der Waals surface area contributed by atoms with Crippen molar-refractivity contribution in [2.24, 2.45) is 0 Å². The number of halogens is 1. The first-order valence-corrected chi connectivity index (χ1v) is 8.72. The molecule has 7 heteroatoms. The first-order chi connectivity index (χ1) is 11.6. The lowest BCUT2D eigenvalue weighted by Gasteiger charge is -2.34. The molecule has 2 bridgehead atoms. The van der Waals surface area contributed by atoms with Gasteiger partial charge in [-0.25, -0.2) is 0 Å². The van der Waals surface area contributed by atoms with E-state index >= 15 is 0 Å². The summed E-state index contributed by atoms with van der Waals surface area (Å²) in [5.74, 6) is 0.380. The highest BCUT2D eigenvalue weighted by atomic mass is 35.5. The Morgan fingerprint density at radius 3 is 2.68 bits per heavy atom. The van der Waals surface area contributed by atoms with Gasteiger partial charge in [0.2, 0.25) is 5.91 Å². The Balaban J connectivity index is 0.00000182. The summed E-state index contributed by atoms with van der Waals surface area (Å²) < 4.78 is 5.61. The quantitative estimate of drug-likeness (QED) is 0.854. The number of hydrogen-bond acceptors (Lipinski definition) is 4. The van der Waals surface area contributed by atoms with Crippen molar-refractivity contribution in [3.05, 3.63) is 24.3 Å². The largest absolute Gasteiger partial charge is 0.479 e. The second-order valence-corrected chi connectivity index (χ2v) is 7.03. The van der Waals surface area contributed by atoms with Crippen LogP contribution in [0.4, 0.5) is 5.69 Å². The third-order valence-corrected chi connectivity index (χ3v) is 5.21. The van der Waals surface area contributed by atoms with Crippen molar-refractivity contribution < 1.29 is 14.3 Å². The molecule has 3 atom stereocenters. The molecule has 2 fully saturated rings. The summed E-state index contributed by atoms with van der Waals surface area (Å²) in [6.45, 7) is 1.76. The van der Waals surface area contributed by atoms with Gasteiger partial charge in [-0.15, -0.1) is 12.4 Å². The van der Waals surface area contributed by atoms with E-state index in [2.05, 4.69) is 10.6 Å². The van der Waals surface area contributed by atoms with Crippen LogP contribution in [0.1, 0.15) is 32.6 Å². The predicted molar refractivity (Wildman–Crippen MR) is 97.2 cm³/mol. The molecule has 136 valence electrons. The molecule has 3 aliphatic rings. The zero-order chi connectivity index (χ0) is 16.7. The van der Waals surface area contributed by atoms with Gasteiger partial charge in [0.05, 0.1) is 5.69 Å². The van der Waals surface area contributed by atoms with Crippen molar-refractivity contribution in [2.45, 2.75) is 56.8 Å². The van der Waals surface area contributed by atoms with Gasteiger partial charge in [0, 0.05) is 18.1 Å². The molecule has 1 aromatic carbocycles. The van der Waals surface area contributed by atoms with Crippen molar-refractivity contribution in [1.82, 2.24) is 10.6 Å². The molecule has 25 heavy (non-hydrogen) atoms. The summed E-state index contributed by atoms with van der Waals surface area (Å²) in [6, 6.07) is 8.62. The summed E-state index contributed by atoms with van der Waals surface area (Å²) in [7, 11) is 0. The van der Waals surface area contributed by atoms with E-state index in [1.165, 1.54) is 17.7 Å². The number of ether oxygens (including phenoxy) is 1. The van der Waals surface area contributed by atoms with E-state index in [1.54, 1.807) is 6.92 Å². The first-order valence-electron chi connectivity index (χ1n) is 8.72. The number of amides is 2. The molecule has 3 aliphatic heterocycles. The number of para-hydroxylation sites is 2. The van der Waals surface area contributed by atoms with Crippen LogP contribution < -0.4 is 20.3 Å². The van der Waals surface area contributed by atoms with Crippen molar-refractivity contribution in [3.63, 3.8) is 0 Å². The summed E-state index contributed by atoms with van der Waals surface area (Å²) in [6.07, 6.45) is 3.79. The average molecular weight is 366 g/mol. The molecule has 3 heterocycles. The SMILES string of the molecule is CC1Oc2ccccc2N(CC(=O)NC2CC3CCC(C2)N3)C1=O.Cl. The highest BCUT2D eigenvalue weighted by molar-refractivity contribution is 6.03. The fourth-order valence-corrected chi connectivity index (χ4v) is 4.11. The molecule has 3 unspecified atom stereocenters. The fraction of sp³-hybridized carbons (Fsp3) is 0.556. The Morgan fingerprint density at radius 2 is 1.96 bits per heavy atom. The lowest BCUT2D eigenvalue weighted by molar-refractivity contribution is -0.128. The number of carbonyl (C=O) groups excluding carboxylic acids is 2. The Morgan fingerprint density at radius 1 is 1.28 bits per heavy atom. The van der Waals surface area contributed by atoms with E-state index in [4.69, 9.17) is 4.74 Å². The Labute approximate surface area is 153 Å². The van der Waals surface area contributed by atoms with Crippen molar-refractivity contribution >= 4 is 29.9 Å². The molecule has 0 radical (unpaired) electrons. The highest BCUT2D eigenvalue weighted by Crippen LogP contribution is 2.33. The van der Waals surface area contributed by atoms with Gasteiger partial charge in [0.25, 0.3) is 5.91 Å². The van der Waals surface area contributed by atoms with Gasteiger partial charge in [-0.05, 0) is 44.7 Å². The maximum atomic E-state index is 12.5. The van der Waals surface area contributed by atoms with Crippen LogP contribution in [0.25, 0.3) is 0 Å². The number of benzene rings is 1. The zero-order valence-electron chi connectivity index (χ0n) is 14.2. The standard InChI is InChI=1S/C18H23N3O3.ClH/c1-11-18(23)21(15-4-2-3-5-16(15)24-11)10-17(22)20-14-8-12-6-7-13(9-14)19-12;/h2-5,11-14,19H,6-10H2,1H3,(H,20,22);1H. The number of carbonyl (C=O) groups is 2. The first kappa shape index (κ1) is 18.0. The van der Waals surface area contributed by atoms with Crippen LogP contribution in [-0.2, 0) is 9.59 Å². The lowest BCUT2D eigenvalue weighted by Crippen LogP contribution is -2.52. The minimum atomic E-state index is -0.567. The van der Waals surface area contributed by atoms with Crippen LogP contribution in [0.5, 0.6) is 5.75 Å². The summed E-state index contributed by atoms with van der Waals surface area (Å²) >= 11 is 0. The molecule has 2 N–H and O–H groups in total. The topological polar surface area (TPSA) is 70.7 Å². The summed E-state index contributed by atoms with van der Waals surface area (Å²) in [4.78, 5) is 26.5. The van der Waals surface area contributed by atoms with Gasteiger partial charge in [0.15, 0.2) is 6.10 Å². The Kier molecular flexibility index (Phi) is 5.20. The molecule has 6 nitrogen and oxygen atoms in total. The van der Waals surface area contributed by atoms with E-state index in [-0.39, 0.29) is 36.8 Å². The van der Waals surface area contributed by atoms with E-state index in [1.807, 2.05) is 24.3 Å². The Hall–Kier alpha value is -1.79. The number of hydrogen-bond donors (Lipinski definition) is 2. The van der Waals surface area contributed by atoms with Gasteiger partial charge >= 0.3 is 0 Å². The molecule has 4 rings (SSSR count). The predicted octanol–water partition coefficient (Wildman–Crippen LogP) is 1.62. The number of anilines is 1. The monoisotopic (exact) mass is 365 g/mol. The van der Waals surface area contributed by atoms with Crippen LogP contribution in [0, 0.1) is 0 Å². The number of nitrogens with zero attached hydrogens (tertiary/aromatic N) is 1. The molecule has 0 spiro atoms. The molecule has 0 aromatic heterocycles. The van der Waals surface area contributed by atoms with Crippen LogP contribution in [-0.4, -0.2) is 42.6 Å². The van der Waals surface area contributed by atoms with E-state index < -0.39 is 6.10 Å². The average Bonchev–Trinajstić information content (AvgIpc) is 2.90. The van der Waals surface area contributed by atoms with E-state index in [0.29, 0.717) is 23.5 Å². The summed E-state index contributed by atoms with van der Waals surface area (Å²) in [5, 5.41) is 6.69. The van der Waals surface area contributed by atoms with Gasteiger partial charge in [0.1, 0.15) is 12.3 Å². The number of nitrogens with one attached hydrogen (secondary N) is 2. The van der Waals surface area contributed by atoms with Crippen LogP contribution >= 0.6 is 12.4 Å². The zero-order valence-corrected chi connectivity index (χ0v) is 15.1. The molecule has 0 saturated carbocycles. The van der Waals surface area contributed by atoms with Crippen LogP contribution in [0.2, 0.25) is 0 Å². The van der Waals surface area contributed by atoms with Crippen molar-refractivity contribution in [1.29, 1.82) is 0 Å². The molecule has 2 amide bonds. The maximum absolute atomic E-state index is 12.5. The number of fused-ring (bicyclic) bond motifs is 3. The minimum absolute atomic E-state index is 0. The number of piperidine rings is 1. The summed E-state index contributed by atoms with van der Waals surface area (Å²) in [5.41, 5.74) is 0.668. The van der Waals surface area contributed by atoms with Gasteiger partial charge in [-0.2, -0.15) is 0 Å². The van der Waals surface area contributed by atoms with Crippen LogP contribution in [0.3, 0.4) is 0 Å². The van der Waals surface area contributed by atoms with Gasteiger partial charge < -0.3 is 15.4 Å². The molecule has 1 aromatic rings. The third kappa shape index (κ3) is 3.60. The molecular formula is C18H24ClN3O3. The second kappa shape index (κ2) is 7.22. The molecule has 2 saturated heterocycles. The normalized spacial score (nSPS) is 30.1. The van der Waals surface area contributed by atoms with E-state index in [0.717, 1.165) is 12.8 Å². The lowest BCUT2D eigenvalue weighted by atomic mass is 10.00. The third-order valence-electron chi connectivity index (χ3n) is 5.21. The smallest absolute Gasteiger partial charge is 0.268 e. The molecular weight excluding hydrogens is 342 g/mol. The Bertz CT molecular complexity index is 657. The van der Waals surface area contributed by atoms with Gasteiger partial charge in [-0.1, -0.05) is 12.1 Å². The van der Waals surface area contributed by atoms with Crippen LogP contribution in [0.15, 0.2) is 24.3 Å². The van der Waals surface area contributed by atoms with E-state index in [9.17, 15) is 9.59 Å². The van der Waals surface area contributed by atoms with Gasteiger partial charge in [-0.3, -0.25) is 14.5 Å².